The number of hydrogen-bond donors (Lipinski definition) is 2. The Morgan fingerprint density at radius 2 is 1.94 bits per heavy atom. The van der Waals surface area contributed by atoms with Crippen LogP contribution in [0.5, 0.6) is 5.75 Å². The van der Waals surface area contributed by atoms with Gasteiger partial charge in [0.05, 0.1) is 7.11 Å². The summed E-state index contributed by atoms with van der Waals surface area (Å²) < 4.78 is 56.2. The van der Waals surface area contributed by atoms with Gasteiger partial charge in [-0.05, 0) is 12.1 Å². The number of ether oxygens (including phenoxy) is 1. The minimum Gasteiger partial charge on any atom is -0.497 e. The molecule has 0 spiro atoms. The largest absolute Gasteiger partial charge is 0.497 e. The van der Waals surface area contributed by atoms with E-state index in [1.165, 1.54) is 7.11 Å². The number of benzene rings is 1. The molecule has 0 bridgehead atoms. The van der Waals surface area contributed by atoms with Gasteiger partial charge in [0.1, 0.15) is 11.6 Å². The SMILES string of the molecule is COc1ccc(C(N)(C(=O)O)C(F)(F)F)c(F)c1. The van der Waals surface area contributed by atoms with Gasteiger partial charge >= 0.3 is 12.1 Å². The second kappa shape index (κ2) is 4.45. The Labute approximate surface area is 99.0 Å². The lowest BCUT2D eigenvalue weighted by atomic mass is 9.90. The molecular formula is C10H9F4NO3. The Bertz CT molecular complexity index is 475. The van der Waals surface area contributed by atoms with Gasteiger partial charge in [0.15, 0.2) is 0 Å². The van der Waals surface area contributed by atoms with Gasteiger partial charge in [-0.25, -0.2) is 9.18 Å². The first-order valence-electron chi connectivity index (χ1n) is 4.57. The summed E-state index contributed by atoms with van der Waals surface area (Å²) in [6.45, 7) is 0. The highest BCUT2D eigenvalue weighted by Crippen LogP contribution is 2.38. The molecule has 0 amide bonds. The van der Waals surface area contributed by atoms with Gasteiger partial charge in [0.2, 0.25) is 5.54 Å². The summed E-state index contributed by atoms with van der Waals surface area (Å²) in [5.41, 5.74) is -0.154. The van der Waals surface area contributed by atoms with Crippen LogP contribution >= 0.6 is 0 Å². The van der Waals surface area contributed by atoms with E-state index in [4.69, 9.17) is 10.8 Å². The van der Waals surface area contributed by atoms with Crippen LogP contribution in [0.15, 0.2) is 18.2 Å². The summed E-state index contributed by atoms with van der Waals surface area (Å²) in [6, 6.07) is 2.26. The summed E-state index contributed by atoms with van der Waals surface area (Å²) in [5, 5.41) is 8.63. The average Bonchev–Trinajstić information content (AvgIpc) is 2.26. The molecule has 1 aromatic rings. The highest BCUT2D eigenvalue weighted by molar-refractivity contribution is 5.81. The first-order chi connectivity index (χ1) is 8.14. The molecule has 0 saturated heterocycles. The smallest absolute Gasteiger partial charge is 0.421 e. The van der Waals surface area contributed by atoms with Gasteiger partial charge in [-0.1, -0.05) is 0 Å². The monoisotopic (exact) mass is 267 g/mol. The second-order valence-electron chi connectivity index (χ2n) is 3.46. The highest BCUT2D eigenvalue weighted by atomic mass is 19.4. The molecular weight excluding hydrogens is 258 g/mol. The molecule has 0 aliphatic carbocycles. The van der Waals surface area contributed by atoms with Crippen LogP contribution in [0.25, 0.3) is 0 Å². The first kappa shape index (κ1) is 14.2. The average molecular weight is 267 g/mol. The number of rotatable bonds is 3. The summed E-state index contributed by atoms with van der Waals surface area (Å²) in [7, 11) is 1.19. The fourth-order valence-corrected chi connectivity index (χ4v) is 1.33. The molecule has 1 aromatic carbocycles. The second-order valence-corrected chi connectivity index (χ2v) is 3.46. The van der Waals surface area contributed by atoms with E-state index in [2.05, 4.69) is 4.74 Å². The van der Waals surface area contributed by atoms with Crippen LogP contribution in [-0.4, -0.2) is 24.4 Å². The third-order valence-electron chi connectivity index (χ3n) is 2.39. The zero-order valence-electron chi connectivity index (χ0n) is 9.08. The zero-order chi connectivity index (χ0) is 14.1. The quantitative estimate of drug-likeness (QED) is 0.816. The first-order valence-corrected chi connectivity index (χ1v) is 4.57. The van der Waals surface area contributed by atoms with Crippen LogP contribution in [0.1, 0.15) is 5.56 Å². The summed E-state index contributed by atoms with van der Waals surface area (Å²) in [6.07, 6.45) is -5.34. The van der Waals surface area contributed by atoms with Gasteiger partial charge in [0.25, 0.3) is 0 Å². The number of nitrogens with two attached hydrogens (primary N) is 1. The van der Waals surface area contributed by atoms with Crippen molar-refractivity contribution in [1.29, 1.82) is 0 Å². The number of halogens is 4. The van der Waals surface area contributed by atoms with E-state index >= 15 is 0 Å². The van der Waals surface area contributed by atoms with Crippen LogP contribution in [0.4, 0.5) is 17.6 Å². The highest BCUT2D eigenvalue weighted by Gasteiger charge is 2.60. The van der Waals surface area contributed by atoms with Crippen molar-refractivity contribution in [1.82, 2.24) is 0 Å². The van der Waals surface area contributed by atoms with Gasteiger partial charge in [-0.15, -0.1) is 0 Å². The van der Waals surface area contributed by atoms with Gasteiger partial charge in [-0.3, -0.25) is 0 Å². The van der Waals surface area contributed by atoms with Crippen molar-refractivity contribution in [2.24, 2.45) is 5.73 Å². The summed E-state index contributed by atoms with van der Waals surface area (Å²) in [4.78, 5) is 10.7. The van der Waals surface area contributed by atoms with E-state index in [1.807, 2.05) is 0 Å². The van der Waals surface area contributed by atoms with Crippen molar-refractivity contribution in [3.63, 3.8) is 0 Å². The molecule has 1 unspecified atom stereocenters. The third-order valence-corrected chi connectivity index (χ3v) is 2.39. The maximum Gasteiger partial charge on any atom is 0.421 e. The van der Waals surface area contributed by atoms with Gasteiger partial charge in [0, 0.05) is 11.6 Å². The predicted octanol–water partition coefficient (Wildman–Crippen LogP) is 1.64. The number of carboxylic acid groups (broad SMARTS) is 1. The molecule has 0 saturated carbocycles. The van der Waals surface area contributed by atoms with E-state index in [1.54, 1.807) is 0 Å². The molecule has 0 aliphatic heterocycles. The van der Waals surface area contributed by atoms with Crippen molar-refractivity contribution in [3.8, 4) is 5.75 Å². The minimum absolute atomic E-state index is 0.0498. The van der Waals surface area contributed by atoms with Crippen LogP contribution in [0, 0.1) is 5.82 Å². The van der Waals surface area contributed by atoms with Crippen molar-refractivity contribution < 1.29 is 32.2 Å². The Hall–Kier alpha value is -1.83. The van der Waals surface area contributed by atoms with E-state index in [0.717, 1.165) is 6.07 Å². The predicted molar refractivity (Wildman–Crippen MR) is 52.5 cm³/mol. The molecule has 0 fully saturated rings. The van der Waals surface area contributed by atoms with Crippen LogP contribution < -0.4 is 10.5 Å². The number of hydrogen-bond acceptors (Lipinski definition) is 3. The number of aliphatic carboxylic acids is 1. The normalized spacial score (nSPS) is 15.0. The van der Waals surface area contributed by atoms with Crippen molar-refractivity contribution in [2.45, 2.75) is 11.7 Å². The maximum atomic E-state index is 13.5. The molecule has 0 heterocycles. The molecule has 100 valence electrons. The number of carboxylic acids is 1. The fourth-order valence-electron chi connectivity index (χ4n) is 1.33. The standard InChI is InChI=1S/C10H9F4NO3/c1-18-5-2-3-6(7(11)4-5)9(15,8(16)17)10(12,13)14/h2-4H,15H2,1H3,(H,16,17). The van der Waals surface area contributed by atoms with Gasteiger partial charge in [-0.2, -0.15) is 13.2 Å². The number of alkyl halides is 3. The summed E-state index contributed by atoms with van der Waals surface area (Å²) >= 11 is 0. The summed E-state index contributed by atoms with van der Waals surface area (Å²) in [5.74, 6) is -3.85. The Morgan fingerprint density at radius 3 is 2.28 bits per heavy atom. The maximum absolute atomic E-state index is 13.5. The van der Waals surface area contributed by atoms with Crippen molar-refractivity contribution in [2.75, 3.05) is 7.11 Å². The van der Waals surface area contributed by atoms with E-state index in [9.17, 15) is 22.4 Å². The number of carbonyl (C=O) groups is 1. The van der Waals surface area contributed by atoms with E-state index in [-0.39, 0.29) is 5.75 Å². The van der Waals surface area contributed by atoms with Crippen LogP contribution in [0.2, 0.25) is 0 Å². The van der Waals surface area contributed by atoms with E-state index < -0.39 is 29.1 Å². The molecule has 0 aliphatic rings. The van der Waals surface area contributed by atoms with Crippen LogP contribution in [-0.2, 0) is 10.3 Å². The molecule has 18 heavy (non-hydrogen) atoms. The molecule has 0 aromatic heterocycles. The minimum atomic E-state index is -5.34. The molecule has 8 heteroatoms. The molecule has 1 rings (SSSR count). The lowest BCUT2D eigenvalue weighted by Crippen LogP contribution is -2.57. The topological polar surface area (TPSA) is 72.5 Å². The van der Waals surface area contributed by atoms with Gasteiger partial charge < -0.3 is 15.6 Å². The molecule has 3 N–H and O–H groups in total. The lowest BCUT2D eigenvalue weighted by molar-refractivity contribution is -0.205. The zero-order valence-corrected chi connectivity index (χ0v) is 9.08. The lowest BCUT2D eigenvalue weighted by Gasteiger charge is -2.28. The Morgan fingerprint density at radius 1 is 1.39 bits per heavy atom. The van der Waals surface area contributed by atoms with Crippen LogP contribution in [0.3, 0.4) is 0 Å². The Kier molecular flexibility index (Phi) is 3.52. The molecule has 0 radical (unpaired) electrons. The molecule has 1 atom stereocenters. The number of methoxy groups -OCH3 is 1. The van der Waals surface area contributed by atoms with Crippen molar-refractivity contribution >= 4 is 5.97 Å². The molecule has 4 nitrogen and oxygen atoms in total. The van der Waals surface area contributed by atoms with E-state index in [0.29, 0.717) is 12.1 Å². The fraction of sp³-hybridized carbons (Fsp3) is 0.300. The third kappa shape index (κ3) is 2.10. The Balaban J connectivity index is 3.46. The van der Waals surface area contributed by atoms with Crippen molar-refractivity contribution in [3.05, 3.63) is 29.6 Å².